The first kappa shape index (κ1) is 28.1. The fourth-order valence-electron chi connectivity index (χ4n) is 3.79. The quantitative estimate of drug-likeness (QED) is 0.314. The molecule has 0 aliphatic carbocycles. The zero-order valence-corrected chi connectivity index (χ0v) is 23.7. The summed E-state index contributed by atoms with van der Waals surface area (Å²) in [6.07, 6.45) is 3.36. The molecule has 2 atom stereocenters. The van der Waals surface area contributed by atoms with Gasteiger partial charge < -0.3 is 24.6 Å². The molecule has 1 amide bonds. The van der Waals surface area contributed by atoms with Gasteiger partial charge in [-0.1, -0.05) is 0 Å². The number of nitrogens with one attached hydrogen (secondary N) is 1. The molecule has 1 fully saturated rings. The molecule has 1 saturated heterocycles. The first-order valence-electron chi connectivity index (χ1n) is 12.5. The van der Waals surface area contributed by atoms with Gasteiger partial charge in [0.25, 0.3) is 0 Å². The summed E-state index contributed by atoms with van der Waals surface area (Å²) in [5.74, 6) is 1.78. The Bertz CT molecular complexity index is 1310. The molecule has 0 aromatic carbocycles. The molecular weight excluding hydrogens is 523 g/mol. The fraction of sp³-hybridized carbons (Fsp3) is 0.462. The highest BCUT2D eigenvalue weighted by molar-refractivity contribution is 7.15. The molecule has 1 N–H and O–H groups in total. The predicted octanol–water partition coefficient (Wildman–Crippen LogP) is 5.08. The third-order valence-corrected chi connectivity index (χ3v) is 6.31. The normalized spacial score (nSPS) is 17.8. The van der Waals surface area contributed by atoms with Crippen molar-refractivity contribution in [3.05, 3.63) is 35.6 Å². The minimum atomic E-state index is -1.19. The molecule has 1 aliphatic heterocycles. The topological polar surface area (TPSA) is 118 Å². The molecule has 3 aromatic heterocycles. The van der Waals surface area contributed by atoms with Gasteiger partial charge in [-0.3, -0.25) is 0 Å². The molecule has 208 valence electrons. The number of hydrogen-bond acceptors (Lipinski definition) is 10. The number of thiazole rings is 1. The number of likely N-dealkylation sites (tertiary alicyclic amines) is 1. The van der Waals surface area contributed by atoms with Crippen LogP contribution in [0.15, 0.2) is 35.6 Å². The van der Waals surface area contributed by atoms with Crippen LogP contribution < -0.4 is 10.1 Å². The smallest absolute Gasteiger partial charge is 0.410 e. The number of alkyl halides is 1. The molecule has 0 spiro atoms. The Morgan fingerprint density at radius 3 is 2.72 bits per heavy atom. The fourth-order valence-corrected chi connectivity index (χ4v) is 4.61. The summed E-state index contributed by atoms with van der Waals surface area (Å²) in [5.41, 5.74) is -0.0595. The molecule has 1 aliphatic rings. The number of piperidine rings is 1. The monoisotopic (exact) mass is 556 g/mol. The van der Waals surface area contributed by atoms with E-state index in [0.29, 0.717) is 29.1 Å². The second kappa shape index (κ2) is 11.9. The first-order valence-corrected chi connectivity index (χ1v) is 13.3. The second-order valence-electron chi connectivity index (χ2n) is 10.4. The lowest BCUT2D eigenvalue weighted by molar-refractivity contribution is 0.0124. The molecule has 0 bridgehead atoms. The van der Waals surface area contributed by atoms with Crippen molar-refractivity contribution < 1.29 is 18.7 Å². The number of pyridine rings is 1. The van der Waals surface area contributed by atoms with Gasteiger partial charge >= 0.3 is 6.09 Å². The Kier molecular flexibility index (Phi) is 8.58. The Balaban J connectivity index is 1.47. The SMILES string of the molecule is Cc1nc(Oc2ccc(/N=C/N(C)C)nc2)c(-c2ccnc(N[C@H]3C[C@H](F)CN(C(=O)OC(C)(C)C)C3)n2)s1. The van der Waals surface area contributed by atoms with E-state index in [-0.39, 0.29) is 25.6 Å². The summed E-state index contributed by atoms with van der Waals surface area (Å²) in [6, 6.07) is 4.90. The third kappa shape index (κ3) is 8.06. The van der Waals surface area contributed by atoms with Gasteiger partial charge in [0.1, 0.15) is 22.4 Å². The maximum atomic E-state index is 14.5. The molecule has 3 aromatic rings. The summed E-state index contributed by atoms with van der Waals surface area (Å²) < 4.78 is 26.0. The number of nitrogens with zero attached hydrogens (tertiary/aromatic N) is 7. The Morgan fingerprint density at radius 1 is 1.23 bits per heavy atom. The number of amides is 1. The van der Waals surface area contributed by atoms with E-state index in [9.17, 15) is 9.18 Å². The number of halogens is 1. The van der Waals surface area contributed by atoms with Crippen molar-refractivity contribution in [2.24, 2.45) is 4.99 Å². The minimum absolute atomic E-state index is 0.00727. The minimum Gasteiger partial charge on any atom is -0.444 e. The summed E-state index contributed by atoms with van der Waals surface area (Å²) in [7, 11) is 3.76. The lowest BCUT2D eigenvalue weighted by Gasteiger charge is -2.36. The molecule has 39 heavy (non-hydrogen) atoms. The number of hydrogen-bond donors (Lipinski definition) is 1. The average Bonchev–Trinajstić information content (AvgIpc) is 3.22. The number of aliphatic imine (C=N–C) groups is 1. The molecule has 0 unspecified atom stereocenters. The van der Waals surface area contributed by atoms with Gasteiger partial charge in [0.15, 0.2) is 5.82 Å². The van der Waals surface area contributed by atoms with Crippen molar-refractivity contribution in [1.82, 2.24) is 29.7 Å². The van der Waals surface area contributed by atoms with Crippen LogP contribution in [-0.2, 0) is 4.74 Å². The maximum absolute atomic E-state index is 14.5. The lowest BCUT2D eigenvalue weighted by Crippen LogP contribution is -2.51. The van der Waals surface area contributed by atoms with E-state index >= 15 is 0 Å². The van der Waals surface area contributed by atoms with Crippen LogP contribution >= 0.6 is 11.3 Å². The van der Waals surface area contributed by atoms with Crippen LogP contribution in [0.3, 0.4) is 0 Å². The summed E-state index contributed by atoms with van der Waals surface area (Å²) >= 11 is 1.43. The number of carbonyl (C=O) groups is 1. The number of anilines is 1. The van der Waals surface area contributed by atoms with Crippen molar-refractivity contribution in [3.63, 3.8) is 0 Å². The number of carbonyl (C=O) groups excluding carboxylic acids is 1. The van der Waals surface area contributed by atoms with Gasteiger partial charge in [-0.2, -0.15) is 0 Å². The molecule has 0 saturated carbocycles. The summed E-state index contributed by atoms with van der Waals surface area (Å²) in [5, 5.41) is 3.98. The standard InChI is InChI=1S/C26H33FN8O3S/c1-16-31-23(37-19-7-8-21(29-12-19)30-15-34(5)6)22(39-16)20-9-10-28-24(33-20)32-18-11-17(27)13-35(14-18)25(36)38-26(2,3)4/h7-10,12,15,17-18H,11,13-14H2,1-6H3,(H,28,32,33)/b30-15+/t17-,18-/m0/s1. The predicted molar refractivity (Wildman–Crippen MR) is 149 cm³/mol. The van der Waals surface area contributed by atoms with Gasteiger partial charge in [0.2, 0.25) is 11.8 Å². The second-order valence-corrected chi connectivity index (χ2v) is 11.6. The zero-order valence-electron chi connectivity index (χ0n) is 22.9. The van der Waals surface area contributed by atoms with Crippen LogP contribution in [0, 0.1) is 6.92 Å². The number of aryl methyl sites for hydroxylation is 1. The van der Waals surface area contributed by atoms with Crippen molar-refractivity contribution in [2.75, 3.05) is 32.5 Å². The largest absolute Gasteiger partial charge is 0.444 e. The van der Waals surface area contributed by atoms with Crippen LogP contribution in [0.1, 0.15) is 32.2 Å². The van der Waals surface area contributed by atoms with E-state index in [0.717, 1.165) is 9.88 Å². The van der Waals surface area contributed by atoms with Gasteiger partial charge in [-0.15, -0.1) is 11.3 Å². The summed E-state index contributed by atoms with van der Waals surface area (Å²) in [4.78, 5) is 38.5. The van der Waals surface area contributed by atoms with Gasteiger partial charge in [0.05, 0.1) is 29.8 Å². The highest BCUT2D eigenvalue weighted by atomic mass is 32.1. The Labute approximate surface area is 231 Å². The van der Waals surface area contributed by atoms with Gasteiger partial charge in [-0.05, 0) is 45.9 Å². The third-order valence-electron chi connectivity index (χ3n) is 5.33. The number of aromatic nitrogens is 4. The van der Waals surface area contributed by atoms with Gasteiger partial charge in [-0.25, -0.2) is 34.1 Å². The molecule has 11 nitrogen and oxygen atoms in total. The number of ether oxygens (including phenoxy) is 2. The van der Waals surface area contributed by atoms with Crippen LogP contribution in [0.2, 0.25) is 0 Å². The van der Waals surface area contributed by atoms with Crippen LogP contribution in [-0.4, -0.2) is 87.2 Å². The van der Waals surface area contributed by atoms with Crippen LogP contribution in [0.4, 0.5) is 21.0 Å². The average molecular weight is 557 g/mol. The Morgan fingerprint density at radius 2 is 2.03 bits per heavy atom. The lowest BCUT2D eigenvalue weighted by atomic mass is 10.0. The van der Waals surface area contributed by atoms with E-state index in [1.165, 1.54) is 16.2 Å². The van der Waals surface area contributed by atoms with Crippen molar-refractivity contribution in [2.45, 2.75) is 51.9 Å². The van der Waals surface area contributed by atoms with Crippen molar-refractivity contribution in [1.29, 1.82) is 0 Å². The van der Waals surface area contributed by atoms with E-state index in [1.807, 2.05) is 25.9 Å². The van der Waals surface area contributed by atoms with E-state index in [1.54, 1.807) is 57.7 Å². The molecule has 4 heterocycles. The van der Waals surface area contributed by atoms with Gasteiger partial charge in [0, 0.05) is 39.3 Å². The van der Waals surface area contributed by atoms with Crippen LogP contribution in [0.5, 0.6) is 11.6 Å². The van der Waals surface area contributed by atoms with Crippen molar-refractivity contribution >= 4 is 35.5 Å². The molecule has 13 heteroatoms. The maximum Gasteiger partial charge on any atom is 0.410 e. The van der Waals surface area contributed by atoms with Crippen molar-refractivity contribution in [3.8, 4) is 22.2 Å². The highest BCUT2D eigenvalue weighted by Crippen LogP contribution is 2.37. The zero-order chi connectivity index (χ0) is 28.2. The van der Waals surface area contributed by atoms with Crippen LogP contribution in [0.25, 0.3) is 10.6 Å². The molecule has 4 rings (SSSR count). The summed E-state index contributed by atoms with van der Waals surface area (Å²) in [6.45, 7) is 7.49. The molecule has 0 radical (unpaired) electrons. The first-order chi connectivity index (χ1) is 18.4. The Hall–Kier alpha value is -3.87. The highest BCUT2D eigenvalue weighted by Gasteiger charge is 2.33. The molecular formula is C26H33FN8O3S. The van der Waals surface area contributed by atoms with E-state index < -0.39 is 17.9 Å². The van der Waals surface area contributed by atoms with E-state index in [4.69, 9.17) is 9.47 Å². The van der Waals surface area contributed by atoms with E-state index in [2.05, 4.69) is 30.2 Å². The number of rotatable bonds is 7.